The smallest absolute Gasteiger partial charge is 0.0640 e. The fourth-order valence-corrected chi connectivity index (χ4v) is 1.56. The summed E-state index contributed by atoms with van der Waals surface area (Å²) in [6, 6.07) is 10.5. The van der Waals surface area contributed by atoms with Crippen molar-refractivity contribution in [2.75, 3.05) is 11.9 Å². The lowest BCUT2D eigenvalue weighted by Gasteiger charge is -2.15. The van der Waals surface area contributed by atoms with Gasteiger partial charge in [0.2, 0.25) is 0 Å². The summed E-state index contributed by atoms with van der Waals surface area (Å²) in [5, 5.41) is 11.8. The van der Waals surface area contributed by atoms with Crippen molar-refractivity contribution in [3.05, 3.63) is 29.8 Å². The van der Waals surface area contributed by atoms with Crippen molar-refractivity contribution in [3.63, 3.8) is 0 Å². The van der Waals surface area contributed by atoms with Crippen molar-refractivity contribution in [1.82, 2.24) is 0 Å². The number of nitrogens with zero attached hydrogens (tertiary/aromatic N) is 1. The van der Waals surface area contributed by atoms with E-state index in [4.69, 9.17) is 5.26 Å². The maximum atomic E-state index is 8.48. The zero-order chi connectivity index (χ0) is 11.1. The molecule has 80 valence electrons. The number of para-hydroxylation sites is 1. The number of anilines is 1. The van der Waals surface area contributed by atoms with Crippen LogP contribution in [0.4, 0.5) is 5.69 Å². The molecule has 0 saturated heterocycles. The van der Waals surface area contributed by atoms with Crippen molar-refractivity contribution in [2.24, 2.45) is 0 Å². The third-order valence-corrected chi connectivity index (χ3v) is 2.66. The first-order chi connectivity index (χ1) is 7.29. The van der Waals surface area contributed by atoms with Crippen LogP contribution in [-0.4, -0.2) is 6.54 Å². The second-order valence-corrected chi connectivity index (χ2v) is 3.73. The average Bonchev–Trinajstić information content (AvgIpc) is 2.29. The molecule has 0 heterocycles. The molecule has 1 rings (SSSR count). The first-order valence-electron chi connectivity index (χ1n) is 5.49. The number of nitriles is 1. The molecule has 0 amide bonds. The SMILES string of the molecule is CCC(C)c1ccccc1NCCC#N. The van der Waals surface area contributed by atoms with Crippen LogP contribution >= 0.6 is 0 Å². The van der Waals surface area contributed by atoms with E-state index in [1.54, 1.807) is 0 Å². The zero-order valence-corrected chi connectivity index (χ0v) is 9.46. The Hall–Kier alpha value is -1.49. The van der Waals surface area contributed by atoms with Gasteiger partial charge in [0.25, 0.3) is 0 Å². The van der Waals surface area contributed by atoms with Gasteiger partial charge in [-0.15, -0.1) is 0 Å². The Morgan fingerprint density at radius 1 is 1.40 bits per heavy atom. The van der Waals surface area contributed by atoms with Crippen LogP contribution in [0.3, 0.4) is 0 Å². The molecule has 0 saturated carbocycles. The molecule has 0 aliphatic heterocycles. The van der Waals surface area contributed by atoms with Crippen molar-refractivity contribution in [3.8, 4) is 6.07 Å². The molecular weight excluding hydrogens is 184 g/mol. The van der Waals surface area contributed by atoms with Crippen LogP contribution < -0.4 is 5.32 Å². The average molecular weight is 202 g/mol. The number of hydrogen-bond acceptors (Lipinski definition) is 2. The monoisotopic (exact) mass is 202 g/mol. The number of rotatable bonds is 5. The molecular formula is C13H18N2. The van der Waals surface area contributed by atoms with Gasteiger partial charge < -0.3 is 5.32 Å². The van der Waals surface area contributed by atoms with Crippen molar-refractivity contribution in [2.45, 2.75) is 32.6 Å². The maximum Gasteiger partial charge on any atom is 0.0640 e. The molecule has 0 fully saturated rings. The molecule has 0 radical (unpaired) electrons. The Morgan fingerprint density at radius 3 is 2.80 bits per heavy atom. The van der Waals surface area contributed by atoms with Gasteiger partial charge in [0.1, 0.15) is 0 Å². The topological polar surface area (TPSA) is 35.8 Å². The van der Waals surface area contributed by atoms with Gasteiger partial charge in [-0.3, -0.25) is 0 Å². The van der Waals surface area contributed by atoms with Crippen LogP contribution in [0.5, 0.6) is 0 Å². The number of nitrogens with one attached hydrogen (secondary N) is 1. The Bertz CT molecular complexity index is 339. The fourth-order valence-electron chi connectivity index (χ4n) is 1.56. The van der Waals surface area contributed by atoms with Crippen LogP contribution in [0.2, 0.25) is 0 Å². The Labute approximate surface area is 91.9 Å². The van der Waals surface area contributed by atoms with E-state index in [1.165, 1.54) is 11.3 Å². The summed E-state index contributed by atoms with van der Waals surface area (Å²) in [5.41, 5.74) is 2.51. The first kappa shape index (κ1) is 11.6. The highest BCUT2D eigenvalue weighted by atomic mass is 14.9. The zero-order valence-electron chi connectivity index (χ0n) is 9.46. The lowest BCUT2D eigenvalue weighted by atomic mass is 9.97. The Balaban J connectivity index is 2.73. The second kappa shape index (κ2) is 6.08. The van der Waals surface area contributed by atoms with Gasteiger partial charge in [-0.1, -0.05) is 32.0 Å². The summed E-state index contributed by atoms with van der Waals surface area (Å²) in [7, 11) is 0. The van der Waals surface area contributed by atoms with Gasteiger partial charge in [-0.25, -0.2) is 0 Å². The largest absolute Gasteiger partial charge is 0.384 e. The summed E-state index contributed by atoms with van der Waals surface area (Å²) >= 11 is 0. The molecule has 2 nitrogen and oxygen atoms in total. The fraction of sp³-hybridized carbons (Fsp3) is 0.462. The van der Waals surface area contributed by atoms with E-state index in [-0.39, 0.29) is 0 Å². The van der Waals surface area contributed by atoms with Crippen LogP contribution in [0.15, 0.2) is 24.3 Å². The summed E-state index contributed by atoms with van der Waals surface area (Å²) in [6.45, 7) is 5.14. The summed E-state index contributed by atoms with van der Waals surface area (Å²) in [5.74, 6) is 0.566. The van der Waals surface area contributed by atoms with Crippen LogP contribution in [-0.2, 0) is 0 Å². The highest BCUT2D eigenvalue weighted by Crippen LogP contribution is 2.26. The molecule has 1 aromatic carbocycles. The molecule has 0 spiro atoms. The van der Waals surface area contributed by atoms with E-state index in [2.05, 4.69) is 43.4 Å². The van der Waals surface area contributed by atoms with Crippen molar-refractivity contribution < 1.29 is 0 Å². The molecule has 1 unspecified atom stereocenters. The minimum atomic E-state index is 0.550. The van der Waals surface area contributed by atoms with Gasteiger partial charge in [-0.05, 0) is 24.0 Å². The Morgan fingerprint density at radius 2 is 2.13 bits per heavy atom. The second-order valence-electron chi connectivity index (χ2n) is 3.73. The number of benzene rings is 1. The predicted molar refractivity (Wildman–Crippen MR) is 63.9 cm³/mol. The van der Waals surface area contributed by atoms with E-state index < -0.39 is 0 Å². The van der Waals surface area contributed by atoms with Crippen LogP contribution in [0.25, 0.3) is 0 Å². The molecule has 0 aromatic heterocycles. The highest BCUT2D eigenvalue weighted by Gasteiger charge is 2.07. The molecule has 0 bridgehead atoms. The summed E-state index contributed by atoms with van der Waals surface area (Å²) in [6.07, 6.45) is 1.69. The summed E-state index contributed by atoms with van der Waals surface area (Å²) in [4.78, 5) is 0. The van der Waals surface area contributed by atoms with Gasteiger partial charge >= 0.3 is 0 Å². The van der Waals surface area contributed by atoms with E-state index in [0.717, 1.165) is 13.0 Å². The minimum Gasteiger partial charge on any atom is -0.384 e. The molecule has 15 heavy (non-hydrogen) atoms. The van der Waals surface area contributed by atoms with Gasteiger partial charge in [0.15, 0.2) is 0 Å². The maximum absolute atomic E-state index is 8.48. The molecule has 2 heteroatoms. The van der Waals surface area contributed by atoms with E-state index in [0.29, 0.717) is 12.3 Å². The molecule has 0 aliphatic carbocycles. The van der Waals surface area contributed by atoms with Gasteiger partial charge in [-0.2, -0.15) is 5.26 Å². The molecule has 0 aliphatic rings. The molecule has 1 N–H and O–H groups in total. The molecule has 1 aromatic rings. The standard InChI is InChI=1S/C13H18N2/c1-3-11(2)12-7-4-5-8-13(12)15-10-6-9-14/h4-5,7-8,11,15H,3,6,10H2,1-2H3. The van der Waals surface area contributed by atoms with E-state index in [9.17, 15) is 0 Å². The minimum absolute atomic E-state index is 0.550. The first-order valence-corrected chi connectivity index (χ1v) is 5.49. The third-order valence-electron chi connectivity index (χ3n) is 2.66. The highest BCUT2D eigenvalue weighted by molar-refractivity contribution is 5.52. The van der Waals surface area contributed by atoms with Crippen molar-refractivity contribution in [1.29, 1.82) is 5.26 Å². The number of hydrogen-bond donors (Lipinski definition) is 1. The third kappa shape index (κ3) is 3.28. The van der Waals surface area contributed by atoms with E-state index >= 15 is 0 Å². The van der Waals surface area contributed by atoms with Crippen LogP contribution in [0.1, 0.15) is 38.2 Å². The van der Waals surface area contributed by atoms with Gasteiger partial charge in [0, 0.05) is 12.2 Å². The summed E-state index contributed by atoms with van der Waals surface area (Å²) < 4.78 is 0. The lowest BCUT2D eigenvalue weighted by Crippen LogP contribution is -2.04. The van der Waals surface area contributed by atoms with Crippen LogP contribution in [0, 0.1) is 11.3 Å². The normalized spacial score (nSPS) is 11.8. The quantitative estimate of drug-likeness (QED) is 0.741. The predicted octanol–water partition coefficient (Wildman–Crippen LogP) is 3.53. The van der Waals surface area contributed by atoms with Crippen molar-refractivity contribution >= 4 is 5.69 Å². The van der Waals surface area contributed by atoms with Gasteiger partial charge in [0.05, 0.1) is 12.5 Å². The molecule has 1 atom stereocenters. The lowest BCUT2D eigenvalue weighted by molar-refractivity contribution is 0.734. The van der Waals surface area contributed by atoms with E-state index in [1.807, 2.05) is 6.07 Å². The Kier molecular flexibility index (Phi) is 4.70.